The van der Waals surface area contributed by atoms with Crippen molar-refractivity contribution < 1.29 is 9.47 Å². The van der Waals surface area contributed by atoms with Crippen LogP contribution in [-0.2, 0) is 6.42 Å². The van der Waals surface area contributed by atoms with Crippen LogP contribution in [0.3, 0.4) is 0 Å². The number of fused-ring (bicyclic) bond motifs is 1. The molecule has 4 heteroatoms. The van der Waals surface area contributed by atoms with E-state index in [2.05, 4.69) is 41.5 Å². The van der Waals surface area contributed by atoms with Crippen LogP contribution in [0.4, 0.5) is 0 Å². The minimum atomic E-state index is 0.706. The van der Waals surface area contributed by atoms with Gasteiger partial charge in [-0.15, -0.1) is 6.42 Å². The first kappa shape index (κ1) is 22.5. The number of ether oxygens (including phenoxy) is 2. The minimum absolute atomic E-state index is 0.706. The second kappa shape index (κ2) is 10.7. The third-order valence-corrected chi connectivity index (χ3v) is 5.78. The number of hydrogen-bond donors (Lipinski definition) is 0. The number of imidazole rings is 1. The smallest absolute Gasteiger partial charge is 0.137 e. The van der Waals surface area contributed by atoms with Crippen molar-refractivity contribution in [2.24, 2.45) is 0 Å². The number of aromatic nitrogens is 2. The molecule has 0 spiro atoms. The van der Waals surface area contributed by atoms with Gasteiger partial charge in [0.15, 0.2) is 0 Å². The van der Waals surface area contributed by atoms with Gasteiger partial charge in [0.1, 0.15) is 17.1 Å². The van der Waals surface area contributed by atoms with Crippen molar-refractivity contribution in [1.82, 2.24) is 9.38 Å². The molecule has 0 aliphatic heterocycles. The van der Waals surface area contributed by atoms with Gasteiger partial charge in [0.05, 0.1) is 25.1 Å². The summed E-state index contributed by atoms with van der Waals surface area (Å²) in [5.74, 6) is 4.46. The molecule has 0 atom stereocenters. The number of hydrogen-bond acceptors (Lipinski definition) is 3. The van der Waals surface area contributed by atoms with Crippen LogP contribution < -0.4 is 9.47 Å². The highest BCUT2D eigenvalue weighted by atomic mass is 16.5. The number of rotatable bonds is 10. The highest BCUT2D eigenvalue weighted by Crippen LogP contribution is 2.29. The zero-order valence-electron chi connectivity index (χ0n) is 19.4. The Labute approximate surface area is 196 Å². The van der Waals surface area contributed by atoms with Crippen LogP contribution in [-0.4, -0.2) is 23.1 Å². The Morgan fingerprint density at radius 1 is 0.970 bits per heavy atom. The first-order chi connectivity index (χ1) is 16.2. The SMILES string of the molecule is C#Cc1ccc2nc(-c3ccc(OCCCCCC)cc3)c(Cc3cccc(OC)c3)n2c1. The highest BCUT2D eigenvalue weighted by molar-refractivity contribution is 5.68. The lowest BCUT2D eigenvalue weighted by Crippen LogP contribution is -1.99. The van der Waals surface area contributed by atoms with Crippen molar-refractivity contribution >= 4 is 5.65 Å². The molecule has 4 nitrogen and oxygen atoms in total. The van der Waals surface area contributed by atoms with Crippen molar-refractivity contribution in [3.63, 3.8) is 0 Å². The second-order valence-electron chi connectivity index (χ2n) is 8.16. The first-order valence-corrected chi connectivity index (χ1v) is 11.6. The van der Waals surface area contributed by atoms with Crippen LogP contribution in [0.25, 0.3) is 16.9 Å². The molecule has 0 amide bonds. The molecule has 0 N–H and O–H groups in total. The standard InChI is InChI=1S/C29H30N2O2/c1-4-6-7-8-18-33-25-15-13-24(14-16-25)29-27(20-23-10-9-11-26(19-23)32-3)31-21-22(5-2)12-17-28(31)30-29/h2,9-17,19,21H,4,6-8,18,20H2,1,3H3. The molecule has 168 valence electrons. The lowest BCUT2D eigenvalue weighted by atomic mass is 10.0. The van der Waals surface area contributed by atoms with Crippen molar-refractivity contribution in [2.75, 3.05) is 13.7 Å². The molecule has 2 heterocycles. The maximum absolute atomic E-state index is 5.92. The molecule has 2 aromatic heterocycles. The summed E-state index contributed by atoms with van der Waals surface area (Å²) in [5.41, 5.74) is 5.93. The summed E-state index contributed by atoms with van der Waals surface area (Å²) in [6.45, 7) is 2.97. The second-order valence-corrected chi connectivity index (χ2v) is 8.16. The summed E-state index contributed by atoms with van der Waals surface area (Å²) in [6, 6.07) is 20.3. The van der Waals surface area contributed by atoms with Gasteiger partial charge in [-0.3, -0.25) is 0 Å². The van der Waals surface area contributed by atoms with Crippen molar-refractivity contribution in [3.8, 4) is 35.1 Å². The van der Waals surface area contributed by atoms with Gasteiger partial charge in [-0.05, 0) is 60.5 Å². The van der Waals surface area contributed by atoms with E-state index < -0.39 is 0 Å². The fourth-order valence-corrected chi connectivity index (χ4v) is 3.98. The Morgan fingerprint density at radius 3 is 2.58 bits per heavy atom. The minimum Gasteiger partial charge on any atom is -0.497 e. The van der Waals surface area contributed by atoms with Crippen LogP contribution in [0.2, 0.25) is 0 Å². The van der Waals surface area contributed by atoms with Crippen molar-refractivity contribution in [2.45, 2.75) is 39.0 Å². The summed E-state index contributed by atoms with van der Waals surface area (Å²) < 4.78 is 13.4. The van der Waals surface area contributed by atoms with Gasteiger partial charge in [-0.1, -0.05) is 44.2 Å². The van der Waals surface area contributed by atoms with Gasteiger partial charge in [-0.2, -0.15) is 0 Å². The molecule has 4 aromatic rings. The average molecular weight is 439 g/mol. The van der Waals surface area contributed by atoms with E-state index in [0.29, 0.717) is 6.42 Å². The lowest BCUT2D eigenvalue weighted by molar-refractivity contribution is 0.305. The molecule has 2 aromatic carbocycles. The van der Waals surface area contributed by atoms with Crippen molar-refractivity contribution in [1.29, 1.82) is 0 Å². The van der Waals surface area contributed by atoms with E-state index in [-0.39, 0.29) is 0 Å². The van der Waals surface area contributed by atoms with Crippen LogP contribution in [0.15, 0.2) is 66.9 Å². The van der Waals surface area contributed by atoms with Gasteiger partial charge < -0.3 is 13.9 Å². The summed E-state index contributed by atoms with van der Waals surface area (Å²) in [4.78, 5) is 4.94. The molecule has 0 fully saturated rings. The van der Waals surface area contributed by atoms with Gasteiger partial charge in [0.2, 0.25) is 0 Å². The Kier molecular flexibility index (Phi) is 7.32. The maximum atomic E-state index is 5.92. The third kappa shape index (κ3) is 5.38. The van der Waals surface area contributed by atoms with Gasteiger partial charge in [0, 0.05) is 23.7 Å². The molecule has 4 rings (SSSR count). The van der Waals surface area contributed by atoms with Crippen LogP contribution >= 0.6 is 0 Å². The predicted octanol–water partition coefficient (Wildman–Crippen LogP) is 6.54. The normalized spacial score (nSPS) is 10.8. The summed E-state index contributed by atoms with van der Waals surface area (Å²) in [7, 11) is 1.69. The van der Waals surface area contributed by atoms with Crippen molar-refractivity contribution in [3.05, 3.63) is 83.7 Å². The number of benzene rings is 2. The monoisotopic (exact) mass is 438 g/mol. The van der Waals surface area contributed by atoms with Gasteiger partial charge in [0.25, 0.3) is 0 Å². The Hall–Kier alpha value is -3.71. The number of pyridine rings is 1. The summed E-state index contributed by atoms with van der Waals surface area (Å²) in [5, 5.41) is 0. The van der Waals surface area contributed by atoms with E-state index in [1.54, 1.807) is 7.11 Å². The van der Waals surface area contributed by atoms with E-state index in [1.807, 2.05) is 42.6 Å². The predicted molar refractivity (Wildman–Crippen MR) is 134 cm³/mol. The van der Waals surface area contributed by atoms with Crippen LogP contribution in [0.1, 0.15) is 49.4 Å². The van der Waals surface area contributed by atoms with E-state index in [9.17, 15) is 0 Å². The fraction of sp³-hybridized carbons (Fsp3) is 0.276. The van der Waals surface area contributed by atoms with E-state index >= 15 is 0 Å². The molecule has 0 bridgehead atoms. The molecule has 0 saturated carbocycles. The summed E-state index contributed by atoms with van der Waals surface area (Å²) >= 11 is 0. The Morgan fingerprint density at radius 2 is 1.82 bits per heavy atom. The average Bonchev–Trinajstić information content (AvgIpc) is 3.21. The van der Waals surface area contributed by atoms with Crippen LogP contribution in [0, 0.1) is 12.3 Å². The van der Waals surface area contributed by atoms with E-state index in [4.69, 9.17) is 20.9 Å². The number of unbranched alkanes of at least 4 members (excludes halogenated alkanes) is 3. The number of terminal acetylenes is 1. The first-order valence-electron chi connectivity index (χ1n) is 11.6. The van der Waals surface area contributed by atoms with E-state index in [1.165, 1.54) is 19.3 Å². The van der Waals surface area contributed by atoms with Gasteiger partial charge >= 0.3 is 0 Å². The molecule has 0 aliphatic rings. The summed E-state index contributed by atoms with van der Waals surface area (Å²) in [6.07, 6.45) is 13.1. The third-order valence-electron chi connectivity index (χ3n) is 5.78. The Bertz CT molecular complexity index is 1250. The maximum Gasteiger partial charge on any atom is 0.137 e. The zero-order valence-corrected chi connectivity index (χ0v) is 19.4. The topological polar surface area (TPSA) is 35.8 Å². The molecular weight excluding hydrogens is 408 g/mol. The fourth-order valence-electron chi connectivity index (χ4n) is 3.98. The molecule has 0 radical (unpaired) electrons. The quantitative estimate of drug-likeness (QED) is 0.208. The Balaban J connectivity index is 1.65. The van der Waals surface area contributed by atoms with Crippen LogP contribution in [0.5, 0.6) is 11.5 Å². The van der Waals surface area contributed by atoms with Gasteiger partial charge in [-0.25, -0.2) is 4.98 Å². The lowest BCUT2D eigenvalue weighted by Gasteiger charge is -2.09. The molecule has 0 saturated heterocycles. The molecule has 0 aliphatic carbocycles. The van der Waals surface area contributed by atoms with E-state index in [0.717, 1.165) is 58.3 Å². The molecule has 0 unspecified atom stereocenters. The highest BCUT2D eigenvalue weighted by Gasteiger charge is 2.15. The largest absolute Gasteiger partial charge is 0.497 e. The molecular formula is C29H30N2O2. The molecule has 33 heavy (non-hydrogen) atoms. The zero-order chi connectivity index (χ0) is 23.0. The number of methoxy groups -OCH3 is 1. The number of nitrogens with zero attached hydrogens (tertiary/aromatic N) is 2.